The lowest BCUT2D eigenvalue weighted by molar-refractivity contribution is -0.131. The van der Waals surface area contributed by atoms with Crippen molar-refractivity contribution in [1.82, 2.24) is 4.90 Å². The van der Waals surface area contributed by atoms with Crippen molar-refractivity contribution in [3.05, 3.63) is 29.8 Å². The van der Waals surface area contributed by atoms with Crippen LogP contribution in [0, 0.1) is 0 Å². The van der Waals surface area contributed by atoms with Crippen LogP contribution in [0.4, 0.5) is 0 Å². The summed E-state index contributed by atoms with van der Waals surface area (Å²) in [7, 11) is 1.76. The summed E-state index contributed by atoms with van der Waals surface area (Å²) in [6, 6.07) is 6.97. The number of nitrogens with zero attached hydrogens (tertiary/aromatic N) is 1. The van der Waals surface area contributed by atoms with Crippen molar-refractivity contribution >= 4 is 17.5 Å². The van der Waals surface area contributed by atoms with E-state index in [0.29, 0.717) is 12.3 Å². The third-order valence-electron chi connectivity index (χ3n) is 3.14. The molecule has 1 aromatic carbocycles. The Balaban J connectivity index is 2.63. The summed E-state index contributed by atoms with van der Waals surface area (Å²) in [4.78, 5) is 13.6. The first kappa shape index (κ1) is 14.8. The highest BCUT2D eigenvalue weighted by Gasteiger charge is 2.18. The molecular formula is C14H20ClNO2. The largest absolute Gasteiger partial charge is 0.508 e. The van der Waals surface area contributed by atoms with Gasteiger partial charge in [-0.25, -0.2) is 0 Å². The number of para-hydroxylation sites is 1. The van der Waals surface area contributed by atoms with Gasteiger partial charge in [0.2, 0.25) is 5.91 Å². The number of phenolic OH excluding ortho intramolecular Hbond substituents is 1. The average molecular weight is 270 g/mol. The van der Waals surface area contributed by atoms with Gasteiger partial charge in [-0.2, -0.15) is 0 Å². The van der Waals surface area contributed by atoms with E-state index < -0.39 is 0 Å². The molecule has 0 aliphatic heterocycles. The number of alkyl halides is 1. The van der Waals surface area contributed by atoms with Crippen molar-refractivity contribution in [3.8, 4) is 5.75 Å². The summed E-state index contributed by atoms with van der Waals surface area (Å²) < 4.78 is 0. The van der Waals surface area contributed by atoms with Crippen LogP contribution in [-0.4, -0.2) is 28.8 Å². The normalized spacial score (nSPS) is 12.2. The van der Waals surface area contributed by atoms with Gasteiger partial charge >= 0.3 is 0 Å². The third kappa shape index (κ3) is 3.91. The molecule has 1 unspecified atom stereocenters. The number of unbranched alkanes of at least 4 members (excludes halogenated alkanes) is 1. The maximum absolute atomic E-state index is 11.9. The minimum Gasteiger partial charge on any atom is -0.508 e. The first-order valence-corrected chi connectivity index (χ1v) is 6.71. The number of halogens is 1. The Bertz CT molecular complexity index is 395. The minimum absolute atomic E-state index is 0.0795. The van der Waals surface area contributed by atoms with Gasteiger partial charge in [0.05, 0.1) is 6.04 Å². The van der Waals surface area contributed by atoms with E-state index in [0.717, 1.165) is 18.4 Å². The Morgan fingerprint density at radius 1 is 1.39 bits per heavy atom. The zero-order chi connectivity index (χ0) is 13.5. The van der Waals surface area contributed by atoms with Crippen molar-refractivity contribution in [2.75, 3.05) is 12.9 Å². The van der Waals surface area contributed by atoms with E-state index in [-0.39, 0.29) is 17.7 Å². The summed E-state index contributed by atoms with van der Waals surface area (Å²) in [6.45, 7) is 1.91. The molecule has 1 rings (SSSR count). The van der Waals surface area contributed by atoms with E-state index in [2.05, 4.69) is 0 Å². The monoisotopic (exact) mass is 269 g/mol. The van der Waals surface area contributed by atoms with Gasteiger partial charge < -0.3 is 10.0 Å². The molecule has 0 heterocycles. The highest BCUT2D eigenvalue weighted by Crippen LogP contribution is 2.27. The number of hydrogen-bond acceptors (Lipinski definition) is 2. The van der Waals surface area contributed by atoms with Gasteiger partial charge in [-0.05, 0) is 25.8 Å². The van der Waals surface area contributed by atoms with Crippen molar-refractivity contribution in [1.29, 1.82) is 0 Å². The van der Waals surface area contributed by atoms with Crippen LogP contribution in [0.15, 0.2) is 24.3 Å². The van der Waals surface area contributed by atoms with Crippen LogP contribution in [0.3, 0.4) is 0 Å². The molecule has 18 heavy (non-hydrogen) atoms. The molecular weight excluding hydrogens is 250 g/mol. The smallest absolute Gasteiger partial charge is 0.222 e. The van der Waals surface area contributed by atoms with Crippen LogP contribution >= 0.6 is 11.6 Å². The molecule has 0 spiro atoms. The predicted molar refractivity (Wildman–Crippen MR) is 73.9 cm³/mol. The molecule has 1 atom stereocenters. The molecule has 0 aliphatic rings. The number of carbonyl (C=O) groups excluding carboxylic acids is 1. The van der Waals surface area contributed by atoms with E-state index in [1.54, 1.807) is 24.1 Å². The zero-order valence-electron chi connectivity index (χ0n) is 10.9. The Labute approximate surface area is 113 Å². The lowest BCUT2D eigenvalue weighted by Crippen LogP contribution is -2.29. The van der Waals surface area contributed by atoms with Gasteiger partial charge in [0.15, 0.2) is 0 Å². The zero-order valence-corrected chi connectivity index (χ0v) is 11.7. The fraction of sp³-hybridized carbons (Fsp3) is 0.500. The summed E-state index contributed by atoms with van der Waals surface area (Å²) in [5, 5.41) is 9.77. The summed E-state index contributed by atoms with van der Waals surface area (Å²) in [5.74, 6) is 0.896. The first-order valence-electron chi connectivity index (χ1n) is 6.17. The Kier molecular flexibility index (Phi) is 5.99. The van der Waals surface area contributed by atoms with Crippen LogP contribution in [0.5, 0.6) is 5.75 Å². The molecule has 0 saturated carbocycles. The second kappa shape index (κ2) is 7.27. The number of benzene rings is 1. The Morgan fingerprint density at radius 2 is 2.06 bits per heavy atom. The lowest BCUT2D eigenvalue weighted by Gasteiger charge is -2.26. The van der Waals surface area contributed by atoms with Gasteiger partial charge in [-0.3, -0.25) is 4.79 Å². The molecule has 0 aromatic heterocycles. The van der Waals surface area contributed by atoms with E-state index in [4.69, 9.17) is 11.6 Å². The van der Waals surface area contributed by atoms with Crippen molar-refractivity contribution in [3.63, 3.8) is 0 Å². The highest BCUT2D eigenvalue weighted by atomic mass is 35.5. The van der Waals surface area contributed by atoms with Crippen molar-refractivity contribution in [2.45, 2.75) is 32.2 Å². The lowest BCUT2D eigenvalue weighted by atomic mass is 10.1. The SMILES string of the molecule is CC(c1ccccc1O)N(C)C(=O)CCCCCl. The summed E-state index contributed by atoms with van der Waals surface area (Å²) in [5.41, 5.74) is 0.769. The van der Waals surface area contributed by atoms with Crippen molar-refractivity contribution in [2.24, 2.45) is 0 Å². The maximum Gasteiger partial charge on any atom is 0.222 e. The molecule has 0 aliphatic carbocycles. The predicted octanol–water partition coefficient (Wildman–Crippen LogP) is 3.32. The van der Waals surface area contributed by atoms with Crippen LogP contribution in [0.2, 0.25) is 0 Å². The third-order valence-corrected chi connectivity index (χ3v) is 3.40. The Hall–Kier alpha value is -1.22. The second-order valence-electron chi connectivity index (χ2n) is 4.39. The molecule has 0 fully saturated rings. The standard InChI is InChI=1S/C14H20ClNO2/c1-11(12-7-3-4-8-13(12)17)16(2)14(18)9-5-6-10-15/h3-4,7-8,11,17H,5-6,9-10H2,1-2H3. The minimum atomic E-state index is -0.130. The maximum atomic E-state index is 11.9. The highest BCUT2D eigenvalue weighted by molar-refractivity contribution is 6.17. The fourth-order valence-electron chi connectivity index (χ4n) is 1.81. The molecule has 1 N–H and O–H groups in total. The number of amides is 1. The van der Waals surface area contributed by atoms with Gasteiger partial charge in [-0.1, -0.05) is 18.2 Å². The van der Waals surface area contributed by atoms with Crippen LogP contribution < -0.4 is 0 Å². The van der Waals surface area contributed by atoms with Crippen molar-refractivity contribution < 1.29 is 9.90 Å². The van der Waals surface area contributed by atoms with Gasteiger partial charge in [-0.15, -0.1) is 11.6 Å². The van der Waals surface area contributed by atoms with Crippen LogP contribution in [-0.2, 0) is 4.79 Å². The quantitative estimate of drug-likeness (QED) is 0.636. The number of rotatable bonds is 6. The average Bonchev–Trinajstić information content (AvgIpc) is 2.38. The number of phenols is 1. The van der Waals surface area contributed by atoms with Gasteiger partial charge in [0.25, 0.3) is 0 Å². The van der Waals surface area contributed by atoms with E-state index in [9.17, 15) is 9.90 Å². The van der Waals surface area contributed by atoms with Crippen LogP contribution in [0.25, 0.3) is 0 Å². The molecule has 0 saturated heterocycles. The first-order chi connectivity index (χ1) is 8.57. The number of carbonyl (C=O) groups is 1. The molecule has 4 heteroatoms. The molecule has 0 bridgehead atoms. The molecule has 0 radical (unpaired) electrons. The summed E-state index contributed by atoms with van der Waals surface area (Å²) >= 11 is 5.59. The molecule has 100 valence electrons. The van der Waals surface area contributed by atoms with Gasteiger partial charge in [0.1, 0.15) is 5.75 Å². The van der Waals surface area contributed by atoms with E-state index >= 15 is 0 Å². The Morgan fingerprint density at radius 3 is 2.67 bits per heavy atom. The number of aromatic hydroxyl groups is 1. The molecule has 3 nitrogen and oxygen atoms in total. The molecule has 1 amide bonds. The fourth-order valence-corrected chi connectivity index (χ4v) is 2.00. The van der Waals surface area contributed by atoms with Gasteiger partial charge in [0, 0.05) is 24.9 Å². The molecule has 1 aromatic rings. The summed E-state index contributed by atoms with van der Waals surface area (Å²) in [6.07, 6.45) is 2.16. The van der Waals surface area contributed by atoms with Crippen LogP contribution in [0.1, 0.15) is 37.8 Å². The number of hydrogen-bond donors (Lipinski definition) is 1. The van der Waals surface area contributed by atoms with E-state index in [1.165, 1.54) is 0 Å². The van der Waals surface area contributed by atoms with E-state index in [1.807, 2.05) is 19.1 Å². The second-order valence-corrected chi connectivity index (χ2v) is 4.76. The topological polar surface area (TPSA) is 40.5 Å².